The number of rotatable bonds is 10. The van der Waals surface area contributed by atoms with Crippen molar-refractivity contribution in [2.45, 2.75) is 32.9 Å². The number of ether oxygens (including phenoxy) is 4. The topological polar surface area (TPSA) is 73.3 Å². The molecule has 7 nitrogen and oxygen atoms in total. The first-order valence-electron chi connectivity index (χ1n) is 8.53. The van der Waals surface area contributed by atoms with E-state index in [1.807, 2.05) is 0 Å². The number of halogens is 3. The SMILES string of the molecule is CCCCOCCNC(=NC)NCc1cc2c(cc1OC(F)F)OCO2.I. The van der Waals surface area contributed by atoms with Gasteiger partial charge in [-0.05, 0) is 12.5 Å². The van der Waals surface area contributed by atoms with Gasteiger partial charge in [0.15, 0.2) is 17.5 Å². The first-order chi connectivity index (χ1) is 12.6. The Bertz CT molecular complexity index is 606. The quantitative estimate of drug-likeness (QED) is 0.222. The van der Waals surface area contributed by atoms with Crippen LogP contribution in [-0.4, -0.2) is 46.2 Å². The van der Waals surface area contributed by atoms with Crippen LogP contribution in [-0.2, 0) is 11.3 Å². The van der Waals surface area contributed by atoms with E-state index in [4.69, 9.17) is 14.2 Å². The number of alkyl halides is 2. The fraction of sp³-hybridized carbons (Fsp3) is 0.588. The predicted octanol–water partition coefficient (Wildman–Crippen LogP) is 3.12. The monoisotopic (exact) mass is 501 g/mol. The van der Waals surface area contributed by atoms with Crippen LogP contribution in [0.3, 0.4) is 0 Å². The van der Waals surface area contributed by atoms with Crippen LogP contribution >= 0.6 is 24.0 Å². The van der Waals surface area contributed by atoms with E-state index in [0.29, 0.717) is 36.2 Å². The maximum Gasteiger partial charge on any atom is 0.387 e. The van der Waals surface area contributed by atoms with E-state index in [9.17, 15) is 8.78 Å². The molecular weight excluding hydrogens is 475 g/mol. The van der Waals surface area contributed by atoms with Crippen LogP contribution in [0.15, 0.2) is 17.1 Å². The van der Waals surface area contributed by atoms with Crippen molar-refractivity contribution in [2.24, 2.45) is 4.99 Å². The van der Waals surface area contributed by atoms with E-state index >= 15 is 0 Å². The summed E-state index contributed by atoms with van der Waals surface area (Å²) in [6, 6.07) is 3.03. The number of guanidine groups is 1. The first-order valence-corrected chi connectivity index (χ1v) is 8.53. The third kappa shape index (κ3) is 7.91. The molecule has 0 saturated carbocycles. The minimum Gasteiger partial charge on any atom is -0.454 e. The van der Waals surface area contributed by atoms with Gasteiger partial charge in [-0.1, -0.05) is 13.3 Å². The van der Waals surface area contributed by atoms with Crippen molar-refractivity contribution >= 4 is 29.9 Å². The van der Waals surface area contributed by atoms with E-state index < -0.39 is 6.61 Å². The Morgan fingerprint density at radius 1 is 1.22 bits per heavy atom. The summed E-state index contributed by atoms with van der Waals surface area (Å²) in [6.07, 6.45) is 2.12. The van der Waals surface area contributed by atoms with Crippen molar-refractivity contribution in [1.29, 1.82) is 0 Å². The smallest absolute Gasteiger partial charge is 0.387 e. The number of nitrogens with one attached hydrogen (secondary N) is 2. The molecule has 1 aromatic carbocycles. The van der Waals surface area contributed by atoms with Gasteiger partial charge in [0.25, 0.3) is 0 Å². The van der Waals surface area contributed by atoms with E-state index in [1.165, 1.54) is 6.07 Å². The van der Waals surface area contributed by atoms with Gasteiger partial charge < -0.3 is 29.6 Å². The Morgan fingerprint density at radius 3 is 2.63 bits per heavy atom. The number of unbranched alkanes of at least 4 members (excludes halogenated alkanes) is 1. The summed E-state index contributed by atoms with van der Waals surface area (Å²) >= 11 is 0. The van der Waals surface area contributed by atoms with Gasteiger partial charge in [-0.15, -0.1) is 24.0 Å². The van der Waals surface area contributed by atoms with Crippen molar-refractivity contribution in [1.82, 2.24) is 10.6 Å². The Morgan fingerprint density at radius 2 is 1.96 bits per heavy atom. The Balaban J connectivity index is 0.00000364. The largest absolute Gasteiger partial charge is 0.454 e. The molecule has 1 aromatic rings. The molecule has 1 aliphatic heterocycles. The molecule has 0 bridgehead atoms. The van der Waals surface area contributed by atoms with Crippen LogP contribution in [0.1, 0.15) is 25.3 Å². The van der Waals surface area contributed by atoms with Crippen LogP contribution < -0.4 is 24.8 Å². The summed E-state index contributed by atoms with van der Waals surface area (Å²) in [5, 5.41) is 6.15. The number of hydrogen-bond acceptors (Lipinski definition) is 5. The predicted molar refractivity (Wildman–Crippen MR) is 109 cm³/mol. The third-order valence-corrected chi connectivity index (χ3v) is 3.62. The Kier molecular flexibility index (Phi) is 11.1. The fourth-order valence-electron chi connectivity index (χ4n) is 2.30. The molecule has 1 heterocycles. The van der Waals surface area contributed by atoms with Gasteiger partial charge >= 0.3 is 6.61 Å². The minimum atomic E-state index is -2.92. The third-order valence-electron chi connectivity index (χ3n) is 3.62. The molecule has 154 valence electrons. The molecule has 2 rings (SSSR count). The highest BCUT2D eigenvalue weighted by Crippen LogP contribution is 2.38. The molecule has 27 heavy (non-hydrogen) atoms. The number of aliphatic imine (C=N–C) groups is 1. The zero-order valence-electron chi connectivity index (χ0n) is 15.4. The standard InChI is InChI=1S/C17H25F2N3O4.HI/c1-3-4-6-23-7-5-21-17(20-2)22-10-12-8-14-15(25-11-24-14)9-13(12)26-16(18)19;/h8-9,16H,3-7,10-11H2,1-2H3,(H2,20,21,22);1H. The number of nitrogens with zero attached hydrogens (tertiary/aromatic N) is 1. The van der Waals surface area contributed by atoms with Crippen molar-refractivity contribution in [3.8, 4) is 17.2 Å². The van der Waals surface area contributed by atoms with Crippen LogP contribution in [0.4, 0.5) is 8.78 Å². The van der Waals surface area contributed by atoms with Gasteiger partial charge in [0.1, 0.15) is 5.75 Å². The lowest BCUT2D eigenvalue weighted by molar-refractivity contribution is -0.0505. The second-order valence-electron chi connectivity index (χ2n) is 5.51. The second-order valence-corrected chi connectivity index (χ2v) is 5.51. The summed E-state index contributed by atoms with van der Waals surface area (Å²) in [7, 11) is 1.63. The van der Waals surface area contributed by atoms with Crippen LogP contribution in [0, 0.1) is 0 Å². The first kappa shape index (κ1) is 23.5. The van der Waals surface area contributed by atoms with Gasteiger partial charge in [-0.2, -0.15) is 8.78 Å². The molecule has 0 amide bonds. The number of benzene rings is 1. The zero-order chi connectivity index (χ0) is 18.8. The van der Waals surface area contributed by atoms with E-state index in [-0.39, 0.29) is 43.1 Å². The highest BCUT2D eigenvalue weighted by molar-refractivity contribution is 14.0. The number of hydrogen-bond donors (Lipinski definition) is 2. The highest BCUT2D eigenvalue weighted by Gasteiger charge is 2.20. The molecule has 10 heteroatoms. The average molecular weight is 501 g/mol. The molecular formula is C17H26F2IN3O4. The normalized spacial score (nSPS) is 12.7. The second kappa shape index (κ2) is 12.8. The molecule has 0 saturated heterocycles. The van der Waals surface area contributed by atoms with Crippen molar-refractivity contribution < 1.29 is 27.7 Å². The molecule has 1 aliphatic rings. The van der Waals surface area contributed by atoms with Crippen molar-refractivity contribution in [3.05, 3.63) is 17.7 Å². The molecule has 0 atom stereocenters. The van der Waals surface area contributed by atoms with Crippen LogP contribution in [0.2, 0.25) is 0 Å². The van der Waals surface area contributed by atoms with Crippen LogP contribution in [0.5, 0.6) is 17.2 Å². The molecule has 0 fully saturated rings. The van der Waals surface area contributed by atoms with E-state index in [0.717, 1.165) is 19.4 Å². The fourth-order valence-corrected chi connectivity index (χ4v) is 2.30. The minimum absolute atomic E-state index is 0. The lowest BCUT2D eigenvalue weighted by Crippen LogP contribution is -2.38. The summed E-state index contributed by atoms with van der Waals surface area (Å²) in [4.78, 5) is 4.09. The lowest BCUT2D eigenvalue weighted by atomic mass is 10.1. The van der Waals surface area contributed by atoms with Crippen molar-refractivity contribution in [2.75, 3.05) is 33.6 Å². The molecule has 0 spiro atoms. The summed E-state index contributed by atoms with van der Waals surface area (Å²) in [5.41, 5.74) is 0.511. The summed E-state index contributed by atoms with van der Waals surface area (Å²) in [5.74, 6) is 1.45. The molecule has 0 aromatic heterocycles. The lowest BCUT2D eigenvalue weighted by Gasteiger charge is -2.15. The van der Waals surface area contributed by atoms with Gasteiger partial charge in [0.2, 0.25) is 6.79 Å². The van der Waals surface area contributed by atoms with Gasteiger partial charge in [-0.3, -0.25) is 4.99 Å². The maximum absolute atomic E-state index is 12.6. The molecule has 0 radical (unpaired) electrons. The van der Waals surface area contributed by atoms with Crippen molar-refractivity contribution in [3.63, 3.8) is 0 Å². The van der Waals surface area contributed by atoms with Gasteiger partial charge in [0.05, 0.1) is 6.61 Å². The maximum atomic E-state index is 12.6. The summed E-state index contributed by atoms with van der Waals surface area (Å²) in [6.45, 7) is 1.35. The van der Waals surface area contributed by atoms with Crippen LogP contribution in [0.25, 0.3) is 0 Å². The molecule has 0 unspecified atom stereocenters. The summed E-state index contributed by atoms with van der Waals surface area (Å²) < 4.78 is 45.8. The zero-order valence-corrected chi connectivity index (χ0v) is 17.8. The van der Waals surface area contributed by atoms with E-state index in [2.05, 4.69) is 27.3 Å². The van der Waals surface area contributed by atoms with Gasteiger partial charge in [-0.25, -0.2) is 0 Å². The Labute approximate surface area is 174 Å². The Hall–Kier alpha value is -1.56. The number of fused-ring (bicyclic) bond motifs is 1. The van der Waals surface area contributed by atoms with E-state index in [1.54, 1.807) is 13.1 Å². The molecule has 2 N–H and O–H groups in total. The van der Waals surface area contributed by atoms with Gasteiger partial charge in [0, 0.05) is 38.4 Å². The average Bonchev–Trinajstić information content (AvgIpc) is 3.07. The highest BCUT2D eigenvalue weighted by atomic mass is 127. The molecule has 0 aliphatic carbocycles.